The van der Waals surface area contributed by atoms with Crippen LogP contribution in [0, 0.1) is 5.92 Å². The lowest BCUT2D eigenvalue weighted by Crippen LogP contribution is -2.46. The molecule has 4 nitrogen and oxygen atoms in total. The molecule has 2 saturated heterocycles. The second-order valence-corrected chi connectivity index (χ2v) is 7.99. The van der Waals surface area contributed by atoms with Crippen molar-refractivity contribution in [3.63, 3.8) is 0 Å². The van der Waals surface area contributed by atoms with Crippen LogP contribution in [0.25, 0.3) is 0 Å². The van der Waals surface area contributed by atoms with Gasteiger partial charge in [-0.05, 0) is 57.0 Å². The third kappa shape index (κ3) is 4.85. The number of piperidine rings is 2. The Hall–Kier alpha value is -1.33. The molecule has 25 heavy (non-hydrogen) atoms. The van der Waals surface area contributed by atoms with Gasteiger partial charge in [0.25, 0.3) is 0 Å². The van der Waals surface area contributed by atoms with Crippen molar-refractivity contribution in [2.24, 2.45) is 5.92 Å². The van der Waals surface area contributed by atoms with E-state index in [0.29, 0.717) is 13.1 Å². The molecule has 2 aliphatic rings. The van der Waals surface area contributed by atoms with Gasteiger partial charge in [0, 0.05) is 36.0 Å². The maximum atomic E-state index is 12.8. The molecule has 2 fully saturated rings. The van der Waals surface area contributed by atoms with Gasteiger partial charge in [0.1, 0.15) is 0 Å². The van der Waals surface area contributed by atoms with E-state index in [1.807, 2.05) is 35.4 Å². The van der Waals surface area contributed by atoms with Gasteiger partial charge >= 0.3 is 0 Å². The number of thioether (sulfide) groups is 1. The van der Waals surface area contributed by atoms with Crippen LogP contribution in [0.5, 0.6) is 0 Å². The predicted octanol–water partition coefficient (Wildman–Crippen LogP) is 3.32. The molecule has 1 atom stereocenters. The number of hydrogen-bond acceptors (Lipinski definition) is 4. The molecule has 0 spiro atoms. The average molecular weight is 361 g/mol. The molecule has 5 heteroatoms. The maximum Gasteiger partial charge on any atom is 0.236 e. The van der Waals surface area contributed by atoms with E-state index in [9.17, 15) is 9.59 Å². The van der Waals surface area contributed by atoms with Crippen LogP contribution in [-0.4, -0.2) is 60.5 Å². The van der Waals surface area contributed by atoms with Crippen molar-refractivity contribution < 1.29 is 9.59 Å². The second kappa shape index (κ2) is 8.86. The molecule has 0 aromatic heterocycles. The fourth-order valence-corrected chi connectivity index (χ4v) is 4.25. The molecule has 1 amide bonds. The molecule has 0 radical (unpaired) electrons. The number of nitrogens with zero attached hydrogens (tertiary/aromatic N) is 2. The van der Waals surface area contributed by atoms with Crippen LogP contribution in [0.4, 0.5) is 0 Å². The molecule has 0 saturated carbocycles. The van der Waals surface area contributed by atoms with Crippen molar-refractivity contribution in [3.8, 4) is 0 Å². The van der Waals surface area contributed by atoms with E-state index >= 15 is 0 Å². The topological polar surface area (TPSA) is 40.6 Å². The molecule has 0 aliphatic carbocycles. The number of likely N-dealkylation sites (tertiary alicyclic amines) is 2. The minimum atomic E-state index is 0.0167. The summed E-state index contributed by atoms with van der Waals surface area (Å²) in [6.45, 7) is 3.90. The molecule has 2 heterocycles. The first-order valence-corrected chi connectivity index (χ1v) is 10.6. The number of amides is 1. The maximum absolute atomic E-state index is 12.8. The lowest BCUT2D eigenvalue weighted by molar-refractivity contribution is -0.133. The van der Waals surface area contributed by atoms with E-state index < -0.39 is 0 Å². The monoisotopic (exact) mass is 360 g/mol. The minimum Gasteiger partial charge on any atom is -0.342 e. The van der Waals surface area contributed by atoms with Crippen LogP contribution in [0.3, 0.4) is 0 Å². The predicted molar refractivity (Wildman–Crippen MR) is 102 cm³/mol. The zero-order valence-corrected chi connectivity index (χ0v) is 15.9. The number of Topliss-reactive ketones (excluding diaryl/α,β-unsaturated/α-hetero) is 1. The Morgan fingerprint density at radius 1 is 1.04 bits per heavy atom. The van der Waals surface area contributed by atoms with Crippen molar-refractivity contribution in [3.05, 3.63) is 29.8 Å². The Kier molecular flexibility index (Phi) is 6.54. The Bertz CT molecular complexity index is 596. The summed E-state index contributed by atoms with van der Waals surface area (Å²) in [7, 11) is 0. The van der Waals surface area contributed by atoms with Crippen molar-refractivity contribution in [1.29, 1.82) is 0 Å². The summed E-state index contributed by atoms with van der Waals surface area (Å²) < 4.78 is 0. The van der Waals surface area contributed by atoms with E-state index in [4.69, 9.17) is 0 Å². The lowest BCUT2D eigenvalue weighted by Gasteiger charge is -2.34. The summed E-state index contributed by atoms with van der Waals surface area (Å²) >= 11 is 1.68. The molecule has 1 aromatic rings. The molecule has 0 bridgehead atoms. The van der Waals surface area contributed by atoms with Gasteiger partial charge in [-0.1, -0.05) is 12.1 Å². The highest BCUT2D eigenvalue weighted by Crippen LogP contribution is 2.23. The number of ketones is 1. The van der Waals surface area contributed by atoms with Crippen molar-refractivity contribution >= 4 is 23.5 Å². The van der Waals surface area contributed by atoms with Gasteiger partial charge < -0.3 is 4.90 Å². The molecule has 1 aromatic carbocycles. The summed E-state index contributed by atoms with van der Waals surface area (Å²) in [5.41, 5.74) is 0.798. The first-order chi connectivity index (χ1) is 12.2. The summed E-state index contributed by atoms with van der Waals surface area (Å²) in [6.07, 6.45) is 7.44. The first-order valence-electron chi connectivity index (χ1n) is 9.36. The van der Waals surface area contributed by atoms with Gasteiger partial charge in [-0.25, -0.2) is 0 Å². The van der Waals surface area contributed by atoms with Crippen molar-refractivity contribution in [2.75, 3.05) is 39.0 Å². The Balaban J connectivity index is 1.56. The third-order valence-electron chi connectivity index (χ3n) is 5.32. The molecule has 3 rings (SSSR count). The highest BCUT2D eigenvalue weighted by Gasteiger charge is 2.28. The molecular weight excluding hydrogens is 332 g/mol. The van der Waals surface area contributed by atoms with E-state index in [-0.39, 0.29) is 17.6 Å². The molecular formula is C20H28N2O2S. The van der Waals surface area contributed by atoms with Gasteiger partial charge in [0.15, 0.2) is 5.78 Å². The Morgan fingerprint density at radius 3 is 2.44 bits per heavy atom. The summed E-state index contributed by atoms with van der Waals surface area (Å²) in [6, 6.07) is 7.90. The SMILES string of the molecule is CSc1ccc(C(=O)C2CCCN(CC(=O)N3CCCCC3)C2)cc1. The Labute approximate surface area is 154 Å². The summed E-state index contributed by atoms with van der Waals surface area (Å²) in [5, 5.41) is 0. The van der Waals surface area contributed by atoms with Gasteiger partial charge in [0.2, 0.25) is 5.91 Å². The fraction of sp³-hybridized carbons (Fsp3) is 0.600. The molecule has 1 unspecified atom stereocenters. The average Bonchev–Trinajstić information content (AvgIpc) is 2.68. The van der Waals surface area contributed by atoms with Gasteiger partial charge in [-0.15, -0.1) is 11.8 Å². The largest absolute Gasteiger partial charge is 0.342 e. The van der Waals surface area contributed by atoms with Gasteiger partial charge in [-0.2, -0.15) is 0 Å². The Morgan fingerprint density at radius 2 is 1.76 bits per heavy atom. The molecule has 136 valence electrons. The first kappa shape index (κ1) is 18.5. The normalized spacial score (nSPS) is 22.0. The quantitative estimate of drug-likeness (QED) is 0.597. The van der Waals surface area contributed by atoms with E-state index in [0.717, 1.165) is 50.9 Å². The van der Waals surface area contributed by atoms with Crippen LogP contribution in [-0.2, 0) is 4.79 Å². The van der Waals surface area contributed by atoms with E-state index in [1.54, 1.807) is 11.8 Å². The second-order valence-electron chi connectivity index (χ2n) is 7.11. The van der Waals surface area contributed by atoms with Crippen LogP contribution in [0.15, 0.2) is 29.2 Å². The van der Waals surface area contributed by atoms with Crippen LogP contribution < -0.4 is 0 Å². The van der Waals surface area contributed by atoms with Crippen molar-refractivity contribution in [1.82, 2.24) is 9.80 Å². The van der Waals surface area contributed by atoms with Crippen LogP contribution in [0.1, 0.15) is 42.5 Å². The molecule has 2 aliphatic heterocycles. The molecule has 0 N–H and O–H groups in total. The number of carbonyl (C=O) groups excluding carboxylic acids is 2. The number of hydrogen-bond donors (Lipinski definition) is 0. The van der Waals surface area contributed by atoms with Gasteiger partial charge in [-0.3, -0.25) is 14.5 Å². The van der Waals surface area contributed by atoms with Gasteiger partial charge in [0.05, 0.1) is 6.54 Å². The fourth-order valence-electron chi connectivity index (χ4n) is 3.84. The summed E-state index contributed by atoms with van der Waals surface area (Å²) in [5.74, 6) is 0.475. The zero-order chi connectivity index (χ0) is 17.6. The standard InChI is InChI=1S/C20H28N2O2S/c1-25-18-9-7-16(8-10-18)20(24)17-6-5-11-21(14-17)15-19(23)22-12-3-2-4-13-22/h7-10,17H,2-6,11-15H2,1H3. The minimum absolute atomic E-state index is 0.0167. The van der Waals surface area contributed by atoms with E-state index in [1.165, 1.54) is 11.3 Å². The van der Waals surface area contributed by atoms with E-state index in [2.05, 4.69) is 4.90 Å². The highest BCUT2D eigenvalue weighted by atomic mass is 32.2. The lowest BCUT2D eigenvalue weighted by atomic mass is 9.90. The number of rotatable bonds is 5. The van der Waals surface area contributed by atoms with Crippen LogP contribution in [0.2, 0.25) is 0 Å². The van der Waals surface area contributed by atoms with Crippen molar-refractivity contribution in [2.45, 2.75) is 37.0 Å². The smallest absolute Gasteiger partial charge is 0.236 e. The highest BCUT2D eigenvalue weighted by molar-refractivity contribution is 7.98. The third-order valence-corrected chi connectivity index (χ3v) is 6.06. The summed E-state index contributed by atoms with van der Waals surface area (Å²) in [4.78, 5) is 30.6. The number of benzene rings is 1. The number of carbonyl (C=O) groups is 2. The van der Waals surface area contributed by atoms with Crippen LogP contribution >= 0.6 is 11.8 Å². The zero-order valence-electron chi connectivity index (χ0n) is 15.1.